The minimum atomic E-state index is -0.883. The van der Waals surface area contributed by atoms with Gasteiger partial charge in [0.2, 0.25) is 0 Å². The van der Waals surface area contributed by atoms with Crippen molar-refractivity contribution in [2.45, 2.75) is 26.7 Å². The zero-order chi connectivity index (χ0) is 13.8. The molecule has 1 aliphatic heterocycles. The van der Waals surface area contributed by atoms with E-state index in [0.717, 1.165) is 42.9 Å². The third-order valence-electron chi connectivity index (χ3n) is 3.55. The summed E-state index contributed by atoms with van der Waals surface area (Å²) in [6.07, 6.45) is 2.07. The van der Waals surface area contributed by atoms with Crippen LogP contribution in [0.1, 0.15) is 34.3 Å². The second-order valence-electron chi connectivity index (χ2n) is 5.10. The Hall–Kier alpha value is -1.55. The van der Waals surface area contributed by atoms with Crippen molar-refractivity contribution in [3.05, 3.63) is 28.8 Å². The van der Waals surface area contributed by atoms with Crippen molar-refractivity contribution < 1.29 is 19.4 Å². The lowest BCUT2D eigenvalue weighted by Gasteiger charge is -2.22. The zero-order valence-corrected chi connectivity index (χ0v) is 11.4. The van der Waals surface area contributed by atoms with E-state index in [1.165, 1.54) is 0 Å². The van der Waals surface area contributed by atoms with Crippen LogP contribution in [0.3, 0.4) is 0 Å². The third kappa shape index (κ3) is 3.47. The van der Waals surface area contributed by atoms with Gasteiger partial charge in [0.1, 0.15) is 5.75 Å². The number of carboxylic acids is 1. The standard InChI is InChI=1S/C15H20O4/c1-10-7-13(8-11(2)14(10)15(16)17)19-9-12-3-5-18-6-4-12/h7-8,12H,3-6,9H2,1-2H3,(H,16,17). The predicted octanol–water partition coefficient (Wildman–Crippen LogP) is 2.81. The fraction of sp³-hybridized carbons (Fsp3) is 0.533. The van der Waals surface area contributed by atoms with Gasteiger partial charge in [-0.15, -0.1) is 0 Å². The number of benzene rings is 1. The first-order chi connectivity index (χ1) is 9.08. The quantitative estimate of drug-likeness (QED) is 0.908. The van der Waals surface area contributed by atoms with E-state index < -0.39 is 5.97 Å². The van der Waals surface area contributed by atoms with Gasteiger partial charge in [-0.05, 0) is 55.9 Å². The summed E-state index contributed by atoms with van der Waals surface area (Å²) in [6, 6.07) is 3.60. The predicted molar refractivity (Wildman–Crippen MR) is 71.9 cm³/mol. The summed E-state index contributed by atoms with van der Waals surface area (Å²) in [5.74, 6) is 0.408. The molecule has 104 valence electrons. The smallest absolute Gasteiger partial charge is 0.336 e. The van der Waals surface area contributed by atoms with Gasteiger partial charge in [-0.1, -0.05) is 0 Å². The van der Waals surface area contributed by atoms with E-state index in [0.29, 0.717) is 18.1 Å². The van der Waals surface area contributed by atoms with Gasteiger partial charge < -0.3 is 14.6 Å². The molecule has 0 atom stereocenters. The number of aromatic carboxylic acids is 1. The highest BCUT2D eigenvalue weighted by Crippen LogP contribution is 2.23. The molecule has 0 radical (unpaired) electrons. The Morgan fingerprint density at radius 2 is 1.89 bits per heavy atom. The maximum Gasteiger partial charge on any atom is 0.336 e. The molecule has 0 amide bonds. The second kappa shape index (κ2) is 6.06. The summed E-state index contributed by atoms with van der Waals surface area (Å²) in [5.41, 5.74) is 1.86. The lowest BCUT2D eigenvalue weighted by molar-refractivity contribution is 0.0497. The molecule has 0 spiro atoms. The number of carboxylic acid groups (broad SMARTS) is 1. The van der Waals surface area contributed by atoms with Crippen LogP contribution < -0.4 is 4.74 Å². The van der Waals surface area contributed by atoms with Gasteiger partial charge in [0.15, 0.2) is 0 Å². The normalized spacial score (nSPS) is 16.3. The van der Waals surface area contributed by atoms with Crippen molar-refractivity contribution in [1.82, 2.24) is 0 Å². The highest BCUT2D eigenvalue weighted by atomic mass is 16.5. The maximum absolute atomic E-state index is 11.1. The van der Waals surface area contributed by atoms with Crippen molar-refractivity contribution >= 4 is 5.97 Å². The largest absolute Gasteiger partial charge is 0.493 e. The van der Waals surface area contributed by atoms with Crippen LogP contribution in [0.25, 0.3) is 0 Å². The van der Waals surface area contributed by atoms with E-state index in [9.17, 15) is 4.79 Å². The average Bonchev–Trinajstić information content (AvgIpc) is 2.36. The fourth-order valence-corrected chi connectivity index (χ4v) is 2.47. The summed E-state index contributed by atoms with van der Waals surface area (Å²) >= 11 is 0. The highest BCUT2D eigenvalue weighted by Gasteiger charge is 2.16. The lowest BCUT2D eigenvalue weighted by Crippen LogP contribution is -2.21. The molecule has 0 saturated carbocycles. The molecule has 4 nitrogen and oxygen atoms in total. The first-order valence-electron chi connectivity index (χ1n) is 6.63. The van der Waals surface area contributed by atoms with Gasteiger partial charge in [-0.3, -0.25) is 0 Å². The lowest BCUT2D eigenvalue weighted by atomic mass is 10.0. The molecule has 0 unspecified atom stereocenters. The topological polar surface area (TPSA) is 55.8 Å². The number of carbonyl (C=O) groups is 1. The summed E-state index contributed by atoms with van der Waals surface area (Å²) in [4.78, 5) is 11.1. The minimum Gasteiger partial charge on any atom is -0.493 e. The number of hydrogen-bond donors (Lipinski definition) is 1. The van der Waals surface area contributed by atoms with Crippen LogP contribution in [0.15, 0.2) is 12.1 Å². The number of hydrogen-bond acceptors (Lipinski definition) is 3. The SMILES string of the molecule is Cc1cc(OCC2CCOCC2)cc(C)c1C(=O)O. The van der Waals surface area contributed by atoms with Crippen molar-refractivity contribution in [3.8, 4) is 5.75 Å². The molecule has 0 aromatic heterocycles. The first kappa shape index (κ1) is 13.9. The van der Waals surface area contributed by atoms with Gasteiger partial charge in [-0.25, -0.2) is 4.79 Å². The van der Waals surface area contributed by atoms with Crippen LogP contribution in [0.4, 0.5) is 0 Å². The van der Waals surface area contributed by atoms with Gasteiger partial charge in [0.05, 0.1) is 12.2 Å². The fourth-order valence-electron chi connectivity index (χ4n) is 2.47. The average molecular weight is 264 g/mol. The Labute approximate surface area is 113 Å². The number of ether oxygens (including phenoxy) is 2. The second-order valence-corrected chi connectivity index (χ2v) is 5.10. The van der Waals surface area contributed by atoms with Crippen molar-refractivity contribution in [2.24, 2.45) is 5.92 Å². The van der Waals surface area contributed by atoms with Gasteiger partial charge >= 0.3 is 5.97 Å². The molecular formula is C15H20O4. The van der Waals surface area contributed by atoms with Crippen LogP contribution in [0.5, 0.6) is 5.75 Å². The molecule has 1 saturated heterocycles. The van der Waals surface area contributed by atoms with Gasteiger partial charge in [0, 0.05) is 13.2 Å². The molecule has 2 rings (SSSR count). The summed E-state index contributed by atoms with van der Waals surface area (Å²) in [5, 5.41) is 9.12. The van der Waals surface area contributed by atoms with Crippen LogP contribution >= 0.6 is 0 Å². The third-order valence-corrected chi connectivity index (χ3v) is 3.55. The first-order valence-corrected chi connectivity index (χ1v) is 6.63. The Balaban J connectivity index is 2.03. The van der Waals surface area contributed by atoms with E-state index in [2.05, 4.69) is 0 Å². The Bertz CT molecular complexity index is 438. The van der Waals surface area contributed by atoms with Gasteiger partial charge in [0.25, 0.3) is 0 Å². The van der Waals surface area contributed by atoms with E-state index in [4.69, 9.17) is 14.6 Å². The highest BCUT2D eigenvalue weighted by molar-refractivity contribution is 5.91. The number of aryl methyl sites for hydroxylation is 2. The van der Waals surface area contributed by atoms with Crippen molar-refractivity contribution in [3.63, 3.8) is 0 Å². The van der Waals surface area contributed by atoms with E-state index >= 15 is 0 Å². The molecule has 4 heteroatoms. The summed E-state index contributed by atoms with van der Waals surface area (Å²) in [6.45, 7) is 5.90. The van der Waals surface area contributed by atoms with Crippen LogP contribution in [0.2, 0.25) is 0 Å². The van der Waals surface area contributed by atoms with Gasteiger partial charge in [-0.2, -0.15) is 0 Å². The van der Waals surface area contributed by atoms with E-state index in [-0.39, 0.29) is 0 Å². The minimum absolute atomic E-state index is 0.374. The monoisotopic (exact) mass is 264 g/mol. The van der Waals surface area contributed by atoms with E-state index in [1.54, 1.807) is 26.0 Å². The molecule has 1 heterocycles. The molecule has 1 aromatic carbocycles. The van der Waals surface area contributed by atoms with Crippen LogP contribution in [-0.4, -0.2) is 30.9 Å². The van der Waals surface area contributed by atoms with Crippen LogP contribution in [0, 0.1) is 19.8 Å². The summed E-state index contributed by atoms with van der Waals surface area (Å²) < 4.78 is 11.1. The molecule has 19 heavy (non-hydrogen) atoms. The molecule has 1 aliphatic rings. The zero-order valence-electron chi connectivity index (χ0n) is 11.4. The Morgan fingerprint density at radius 3 is 2.42 bits per heavy atom. The number of rotatable bonds is 4. The maximum atomic E-state index is 11.1. The molecular weight excluding hydrogens is 244 g/mol. The van der Waals surface area contributed by atoms with E-state index in [1.807, 2.05) is 0 Å². The van der Waals surface area contributed by atoms with Crippen molar-refractivity contribution in [2.75, 3.05) is 19.8 Å². The molecule has 1 N–H and O–H groups in total. The van der Waals surface area contributed by atoms with Crippen molar-refractivity contribution in [1.29, 1.82) is 0 Å². The molecule has 0 bridgehead atoms. The Morgan fingerprint density at radius 1 is 1.32 bits per heavy atom. The summed E-state index contributed by atoms with van der Waals surface area (Å²) in [7, 11) is 0. The molecule has 0 aliphatic carbocycles. The van der Waals surface area contributed by atoms with Crippen LogP contribution in [-0.2, 0) is 4.74 Å². The Kier molecular flexibility index (Phi) is 4.43. The molecule has 1 fully saturated rings. The molecule has 1 aromatic rings.